The molecule has 0 bridgehead atoms. The molecule has 0 aliphatic carbocycles. The van der Waals surface area contributed by atoms with Gasteiger partial charge >= 0.3 is 5.97 Å². The molecule has 0 fully saturated rings. The van der Waals surface area contributed by atoms with Crippen molar-refractivity contribution in [1.29, 1.82) is 0 Å². The Bertz CT molecular complexity index is 642. The number of aliphatic carboxylic acids is 1. The van der Waals surface area contributed by atoms with Crippen molar-refractivity contribution >= 4 is 11.9 Å². The smallest absolute Gasteiger partial charge is 0.326 e. The molecule has 0 aliphatic rings. The van der Waals surface area contributed by atoms with E-state index in [-0.39, 0.29) is 5.56 Å². The summed E-state index contributed by atoms with van der Waals surface area (Å²) in [6.45, 7) is 1.96. The maximum Gasteiger partial charge on any atom is 0.326 e. The molecule has 2 aromatic rings. The minimum Gasteiger partial charge on any atom is -0.480 e. The highest BCUT2D eigenvalue weighted by Crippen LogP contribution is 2.08. The molecule has 0 radical (unpaired) electrons. The molecule has 0 unspecified atom stereocenters. The predicted molar refractivity (Wildman–Crippen MR) is 77.6 cm³/mol. The number of aromatic nitrogens is 4. The number of nitrogens with one attached hydrogen (secondary N) is 1. The molecular formula is C14H17N5O3. The first-order valence-corrected chi connectivity index (χ1v) is 6.97. The summed E-state index contributed by atoms with van der Waals surface area (Å²) in [5.41, 5.74) is 0.848. The average molecular weight is 303 g/mol. The Morgan fingerprint density at radius 3 is 2.86 bits per heavy atom. The number of hydrogen-bond donors (Lipinski definition) is 2. The van der Waals surface area contributed by atoms with Crippen LogP contribution in [0.2, 0.25) is 0 Å². The van der Waals surface area contributed by atoms with Crippen molar-refractivity contribution in [2.24, 2.45) is 0 Å². The van der Waals surface area contributed by atoms with Crippen LogP contribution >= 0.6 is 0 Å². The monoisotopic (exact) mass is 303 g/mol. The fourth-order valence-corrected chi connectivity index (χ4v) is 1.93. The van der Waals surface area contributed by atoms with Crippen molar-refractivity contribution in [3.63, 3.8) is 0 Å². The van der Waals surface area contributed by atoms with Gasteiger partial charge in [0, 0.05) is 6.20 Å². The second-order valence-electron chi connectivity index (χ2n) is 4.79. The van der Waals surface area contributed by atoms with Gasteiger partial charge in [0.1, 0.15) is 6.04 Å². The van der Waals surface area contributed by atoms with E-state index in [9.17, 15) is 9.59 Å². The zero-order valence-corrected chi connectivity index (χ0v) is 12.1. The van der Waals surface area contributed by atoms with Crippen LogP contribution in [-0.4, -0.2) is 43.0 Å². The van der Waals surface area contributed by atoms with Crippen LogP contribution in [-0.2, 0) is 4.79 Å². The number of nitrogens with zero attached hydrogens (tertiary/aromatic N) is 4. The number of hydrogen-bond acceptors (Lipinski definition) is 5. The number of unbranched alkanes of at least 4 members (excludes halogenated alkanes) is 1. The van der Waals surface area contributed by atoms with Gasteiger partial charge in [-0.05, 0) is 12.5 Å². The summed E-state index contributed by atoms with van der Waals surface area (Å²) in [5, 5.41) is 19.2. The lowest BCUT2D eigenvalue weighted by atomic mass is 10.1. The maximum atomic E-state index is 12.2. The second-order valence-corrected chi connectivity index (χ2v) is 4.79. The molecule has 22 heavy (non-hydrogen) atoms. The van der Waals surface area contributed by atoms with Gasteiger partial charge in [-0.3, -0.25) is 9.78 Å². The van der Waals surface area contributed by atoms with Crippen molar-refractivity contribution in [2.45, 2.75) is 32.2 Å². The highest BCUT2D eigenvalue weighted by Gasteiger charge is 2.20. The van der Waals surface area contributed by atoms with Crippen LogP contribution in [0.1, 0.15) is 36.5 Å². The molecule has 8 nitrogen and oxygen atoms in total. The summed E-state index contributed by atoms with van der Waals surface area (Å²) in [6.07, 6.45) is 8.05. The summed E-state index contributed by atoms with van der Waals surface area (Å²) in [6, 6.07) is 0.679. The third-order valence-electron chi connectivity index (χ3n) is 3.12. The van der Waals surface area contributed by atoms with E-state index in [1.54, 1.807) is 12.3 Å². The lowest BCUT2D eigenvalue weighted by Crippen LogP contribution is -2.40. The first-order valence-electron chi connectivity index (χ1n) is 6.97. The first kappa shape index (κ1) is 15.6. The molecular weight excluding hydrogens is 286 g/mol. The zero-order valence-electron chi connectivity index (χ0n) is 12.1. The third kappa shape index (κ3) is 3.87. The predicted octanol–water partition coefficient (Wildman–Crippen LogP) is 1.04. The topological polar surface area (TPSA) is 110 Å². The van der Waals surface area contributed by atoms with Crippen molar-refractivity contribution in [2.75, 3.05) is 0 Å². The van der Waals surface area contributed by atoms with Crippen LogP contribution in [0, 0.1) is 0 Å². The summed E-state index contributed by atoms with van der Waals surface area (Å²) in [7, 11) is 0. The molecule has 2 aromatic heterocycles. The number of carbonyl (C=O) groups is 2. The number of amides is 1. The fraction of sp³-hybridized carbons (Fsp3) is 0.357. The van der Waals surface area contributed by atoms with E-state index in [1.165, 1.54) is 23.3 Å². The standard InChI is InChI=1S/C14H17N5O3/c1-2-3-4-12(14(21)22)17-13(20)10-7-11(9-15-8-10)19-6-5-16-18-19/h5-9,12H,2-4H2,1H3,(H,17,20)(H,21,22)/t12-/m0/s1. The molecule has 1 amide bonds. The number of carboxylic acid groups (broad SMARTS) is 1. The van der Waals surface area contributed by atoms with Gasteiger partial charge in [-0.25, -0.2) is 9.48 Å². The van der Waals surface area contributed by atoms with Crippen LogP contribution < -0.4 is 5.32 Å². The first-order chi connectivity index (χ1) is 10.6. The molecule has 0 saturated heterocycles. The van der Waals surface area contributed by atoms with Crippen LogP contribution in [0.4, 0.5) is 0 Å². The van der Waals surface area contributed by atoms with Crippen LogP contribution in [0.5, 0.6) is 0 Å². The molecule has 8 heteroatoms. The number of carboxylic acids is 1. The van der Waals surface area contributed by atoms with E-state index in [4.69, 9.17) is 5.11 Å². The summed E-state index contributed by atoms with van der Waals surface area (Å²) < 4.78 is 1.47. The second kappa shape index (κ2) is 7.30. The van der Waals surface area contributed by atoms with E-state index >= 15 is 0 Å². The molecule has 116 valence electrons. The van der Waals surface area contributed by atoms with Gasteiger partial charge in [-0.2, -0.15) is 0 Å². The Kier molecular flexibility index (Phi) is 5.18. The Morgan fingerprint density at radius 2 is 2.23 bits per heavy atom. The summed E-state index contributed by atoms with van der Waals surface area (Å²) in [5.74, 6) is -1.51. The molecule has 1 atom stereocenters. The van der Waals surface area contributed by atoms with Crippen LogP contribution in [0.3, 0.4) is 0 Å². The maximum absolute atomic E-state index is 12.2. The van der Waals surface area contributed by atoms with Crippen molar-refractivity contribution < 1.29 is 14.7 Å². The number of carbonyl (C=O) groups excluding carboxylic acids is 1. The van der Waals surface area contributed by atoms with E-state index in [0.717, 1.165) is 12.8 Å². The molecule has 0 aliphatic heterocycles. The Morgan fingerprint density at radius 1 is 1.41 bits per heavy atom. The lowest BCUT2D eigenvalue weighted by Gasteiger charge is -2.14. The zero-order chi connectivity index (χ0) is 15.9. The van der Waals surface area contributed by atoms with Crippen molar-refractivity contribution in [3.8, 4) is 5.69 Å². The molecule has 2 N–H and O–H groups in total. The average Bonchev–Trinajstić information content (AvgIpc) is 3.05. The van der Waals surface area contributed by atoms with E-state index in [2.05, 4.69) is 20.6 Å². The number of rotatable bonds is 7. The molecule has 2 rings (SSSR count). The van der Waals surface area contributed by atoms with Gasteiger partial charge in [0.25, 0.3) is 5.91 Å². The van der Waals surface area contributed by atoms with Gasteiger partial charge in [-0.1, -0.05) is 25.0 Å². The largest absolute Gasteiger partial charge is 0.480 e. The van der Waals surface area contributed by atoms with Crippen molar-refractivity contribution in [1.82, 2.24) is 25.3 Å². The third-order valence-corrected chi connectivity index (χ3v) is 3.12. The summed E-state index contributed by atoms with van der Waals surface area (Å²) in [4.78, 5) is 27.3. The quantitative estimate of drug-likeness (QED) is 0.790. The fourth-order valence-electron chi connectivity index (χ4n) is 1.93. The highest BCUT2D eigenvalue weighted by molar-refractivity contribution is 5.96. The number of pyridine rings is 1. The lowest BCUT2D eigenvalue weighted by molar-refractivity contribution is -0.139. The van der Waals surface area contributed by atoms with E-state index in [0.29, 0.717) is 12.1 Å². The minimum absolute atomic E-state index is 0.274. The Hall–Kier alpha value is -2.77. The van der Waals surface area contributed by atoms with Gasteiger partial charge < -0.3 is 10.4 Å². The van der Waals surface area contributed by atoms with Crippen LogP contribution in [0.25, 0.3) is 5.69 Å². The molecule has 0 saturated carbocycles. The summed E-state index contributed by atoms with van der Waals surface area (Å²) >= 11 is 0. The molecule has 0 aromatic carbocycles. The van der Waals surface area contributed by atoms with Gasteiger partial charge in [0.05, 0.1) is 29.8 Å². The van der Waals surface area contributed by atoms with Gasteiger partial charge in [-0.15, -0.1) is 5.10 Å². The van der Waals surface area contributed by atoms with Crippen LogP contribution in [0.15, 0.2) is 30.9 Å². The van der Waals surface area contributed by atoms with E-state index in [1.807, 2.05) is 6.92 Å². The normalized spacial score (nSPS) is 11.9. The minimum atomic E-state index is -1.04. The Labute approximate surface area is 127 Å². The van der Waals surface area contributed by atoms with Gasteiger partial charge in [0.15, 0.2) is 0 Å². The molecule has 2 heterocycles. The SMILES string of the molecule is CCCC[C@H](NC(=O)c1cncc(-n2ccnn2)c1)C(=O)O. The van der Waals surface area contributed by atoms with Gasteiger partial charge in [0.2, 0.25) is 0 Å². The van der Waals surface area contributed by atoms with E-state index < -0.39 is 17.9 Å². The Balaban J connectivity index is 2.12. The van der Waals surface area contributed by atoms with Crippen molar-refractivity contribution in [3.05, 3.63) is 36.4 Å². The molecule has 0 spiro atoms. The highest BCUT2D eigenvalue weighted by atomic mass is 16.4.